The van der Waals surface area contributed by atoms with Crippen molar-refractivity contribution in [3.8, 4) is 0 Å². The van der Waals surface area contributed by atoms with Gasteiger partial charge in [-0.3, -0.25) is 9.69 Å². The molecule has 1 atom stereocenters. The average Bonchev–Trinajstić information content (AvgIpc) is 2.30. The standard InChI is InChI=1S/C13H19N3O/c1-15(2)12-4-3-9-16(13(12)17)11-7-5-10(14)6-8-11/h5-8,12H,3-4,9,14H2,1-2H3. The van der Waals surface area contributed by atoms with Gasteiger partial charge >= 0.3 is 0 Å². The molecule has 0 radical (unpaired) electrons. The lowest BCUT2D eigenvalue weighted by molar-refractivity contribution is -0.124. The summed E-state index contributed by atoms with van der Waals surface area (Å²) in [7, 11) is 3.91. The summed E-state index contributed by atoms with van der Waals surface area (Å²) in [5.41, 5.74) is 7.32. The van der Waals surface area contributed by atoms with E-state index < -0.39 is 0 Å². The van der Waals surface area contributed by atoms with Crippen LogP contribution in [0.5, 0.6) is 0 Å². The first-order chi connectivity index (χ1) is 8.09. The molecule has 1 amide bonds. The van der Waals surface area contributed by atoms with Crippen LogP contribution in [-0.2, 0) is 4.79 Å². The van der Waals surface area contributed by atoms with Crippen molar-refractivity contribution < 1.29 is 4.79 Å². The monoisotopic (exact) mass is 233 g/mol. The van der Waals surface area contributed by atoms with Crippen LogP contribution in [0.4, 0.5) is 11.4 Å². The number of carbonyl (C=O) groups excluding carboxylic acids is 1. The number of piperidine rings is 1. The second-order valence-corrected chi connectivity index (χ2v) is 4.70. The van der Waals surface area contributed by atoms with Gasteiger partial charge in [-0.1, -0.05) is 0 Å². The molecule has 1 heterocycles. The lowest BCUT2D eigenvalue weighted by atomic mass is 10.0. The van der Waals surface area contributed by atoms with Gasteiger partial charge < -0.3 is 10.6 Å². The molecular weight excluding hydrogens is 214 g/mol. The van der Waals surface area contributed by atoms with Crippen LogP contribution < -0.4 is 10.6 Å². The van der Waals surface area contributed by atoms with E-state index in [0.29, 0.717) is 0 Å². The van der Waals surface area contributed by atoms with Gasteiger partial charge in [0.15, 0.2) is 0 Å². The van der Waals surface area contributed by atoms with Gasteiger partial charge in [-0.25, -0.2) is 0 Å². The second-order valence-electron chi connectivity index (χ2n) is 4.70. The molecule has 17 heavy (non-hydrogen) atoms. The molecule has 1 aromatic carbocycles. The van der Waals surface area contributed by atoms with Crippen LogP contribution in [0.1, 0.15) is 12.8 Å². The Morgan fingerprint density at radius 1 is 1.29 bits per heavy atom. The molecule has 1 saturated heterocycles. The van der Waals surface area contributed by atoms with Crippen LogP contribution in [0.2, 0.25) is 0 Å². The van der Waals surface area contributed by atoms with Crippen LogP contribution >= 0.6 is 0 Å². The number of rotatable bonds is 2. The summed E-state index contributed by atoms with van der Waals surface area (Å²) in [5, 5.41) is 0. The average molecular weight is 233 g/mol. The van der Waals surface area contributed by atoms with Gasteiger partial charge in [-0.2, -0.15) is 0 Å². The highest BCUT2D eigenvalue weighted by atomic mass is 16.2. The molecule has 0 aliphatic carbocycles. The number of hydrogen-bond acceptors (Lipinski definition) is 3. The molecular formula is C13H19N3O. The van der Waals surface area contributed by atoms with Crippen LogP contribution in [0.15, 0.2) is 24.3 Å². The second kappa shape index (κ2) is 4.75. The molecule has 1 aromatic rings. The molecule has 2 rings (SSSR count). The number of anilines is 2. The minimum absolute atomic E-state index is 0.00121. The number of amides is 1. The third-order valence-corrected chi connectivity index (χ3v) is 3.24. The molecule has 4 nitrogen and oxygen atoms in total. The van der Waals surface area contributed by atoms with Crippen molar-refractivity contribution in [2.75, 3.05) is 31.3 Å². The lowest BCUT2D eigenvalue weighted by Crippen LogP contribution is -2.50. The largest absolute Gasteiger partial charge is 0.399 e. The molecule has 0 bridgehead atoms. The van der Waals surface area contributed by atoms with Gasteiger partial charge in [0.1, 0.15) is 0 Å². The molecule has 0 spiro atoms. The lowest BCUT2D eigenvalue weighted by Gasteiger charge is -2.35. The Balaban J connectivity index is 2.20. The third-order valence-electron chi connectivity index (χ3n) is 3.24. The number of likely N-dealkylation sites (N-methyl/N-ethyl adjacent to an activating group) is 1. The fourth-order valence-electron chi connectivity index (χ4n) is 2.25. The molecule has 1 unspecified atom stereocenters. The van der Waals surface area contributed by atoms with E-state index >= 15 is 0 Å². The number of nitrogen functional groups attached to an aromatic ring is 1. The molecule has 4 heteroatoms. The SMILES string of the molecule is CN(C)C1CCCN(c2ccc(N)cc2)C1=O. The quantitative estimate of drug-likeness (QED) is 0.784. The molecule has 0 aromatic heterocycles. The summed E-state index contributed by atoms with van der Waals surface area (Å²) in [4.78, 5) is 16.2. The van der Waals surface area contributed by atoms with Crippen molar-refractivity contribution in [2.45, 2.75) is 18.9 Å². The minimum atomic E-state index is 0.00121. The Morgan fingerprint density at radius 3 is 2.53 bits per heavy atom. The smallest absolute Gasteiger partial charge is 0.244 e. The predicted molar refractivity (Wildman–Crippen MR) is 69.9 cm³/mol. The number of nitrogens with zero attached hydrogens (tertiary/aromatic N) is 2. The van der Waals surface area contributed by atoms with E-state index in [1.54, 1.807) is 0 Å². The molecule has 1 aliphatic heterocycles. The van der Waals surface area contributed by atoms with E-state index in [9.17, 15) is 4.79 Å². The Hall–Kier alpha value is -1.55. The van der Waals surface area contributed by atoms with E-state index in [2.05, 4.69) is 0 Å². The molecule has 2 N–H and O–H groups in total. The maximum Gasteiger partial charge on any atom is 0.244 e. The topological polar surface area (TPSA) is 49.6 Å². The normalized spacial score (nSPS) is 21.0. The first kappa shape index (κ1) is 11.9. The van der Waals surface area contributed by atoms with Crippen LogP contribution in [0.25, 0.3) is 0 Å². The highest BCUT2D eigenvalue weighted by Crippen LogP contribution is 2.23. The molecule has 1 aliphatic rings. The summed E-state index contributed by atoms with van der Waals surface area (Å²) < 4.78 is 0. The molecule has 1 fully saturated rings. The number of nitrogens with two attached hydrogens (primary N) is 1. The maximum absolute atomic E-state index is 12.3. The van der Waals surface area contributed by atoms with Crippen molar-refractivity contribution in [1.82, 2.24) is 4.90 Å². The Kier molecular flexibility index (Phi) is 3.33. The Labute approximate surface area is 102 Å². The van der Waals surface area contributed by atoms with Crippen molar-refractivity contribution >= 4 is 17.3 Å². The first-order valence-corrected chi connectivity index (χ1v) is 5.93. The summed E-state index contributed by atoms with van der Waals surface area (Å²) in [6.07, 6.45) is 1.98. The summed E-state index contributed by atoms with van der Waals surface area (Å²) in [6.45, 7) is 0.799. The van der Waals surface area contributed by atoms with Gasteiger partial charge in [-0.05, 0) is 51.2 Å². The van der Waals surface area contributed by atoms with Crippen molar-refractivity contribution in [3.05, 3.63) is 24.3 Å². The number of hydrogen-bond donors (Lipinski definition) is 1. The van der Waals surface area contributed by atoms with Crippen LogP contribution in [-0.4, -0.2) is 37.5 Å². The Bertz CT molecular complexity index is 400. The zero-order valence-electron chi connectivity index (χ0n) is 10.4. The van der Waals surface area contributed by atoms with Gasteiger partial charge in [0.2, 0.25) is 5.91 Å². The predicted octanol–water partition coefficient (Wildman–Crippen LogP) is 1.33. The zero-order chi connectivity index (χ0) is 12.4. The summed E-state index contributed by atoms with van der Waals surface area (Å²) in [5.74, 6) is 0.186. The first-order valence-electron chi connectivity index (χ1n) is 5.93. The van der Waals surface area contributed by atoms with Crippen molar-refractivity contribution in [2.24, 2.45) is 0 Å². The van der Waals surface area contributed by atoms with E-state index in [-0.39, 0.29) is 11.9 Å². The molecule has 92 valence electrons. The van der Waals surface area contributed by atoms with Crippen molar-refractivity contribution in [3.63, 3.8) is 0 Å². The zero-order valence-corrected chi connectivity index (χ0v) is 10.4. The fourth-order valence-corrected chi connectivity index (χ4v) is 2.25. The van der Waals surface area contributed by atoms with Crippen molar-refractivity contribution in [1.29, 1.82) is 0 Å². The van der Waals surface area contributed by atoms with Crippen LogP contribution in [0, 0.1) is 0 Å². The minimum Gasteiger partial charge on any atom is -0.399 e. The van der Waals surface area contributed by atoms with E-state index in [4.69, 9.17) is 5.73 Å². The van der Waals surface area contributed by atoms with Gasteiger partial charge in [0, 0.05) is 17.9 Å². The number of carbonyl (C=O) groups is 1. The highest BCUT2D eigenvalue weighted by molar-refractivity contribution is 5.98. The van der Waals surface area contributed by atoms with Gasteiger partial charge in [0.25, 0.3) is 0 Å². The Morgan fingerprint density at radius 2 is 1.94 bits per heavy atom. The van der Waals surface area contributed by atoms with E-state index in [1.807, 2.05) is 48.2 Å². The maximum atomic E-state index is 12.3. The van der Waals surface area contributed by atoms with Gasteiger partial charge in [-0.15, -0.1) is 0 Å². The van der Waals surface area contributed by atoms with E-state index in [1.165, 1.54) is 0 Å². The van der Waals surface area contributed by atoms with Crippen LogP contribution in [0.3, 0.4) is 0 Å². The van der Waals surface area contributed by atoms with E-state index in [0.717, 1.165) is 30.8 Å². The molecule has 0 saturated carbocycles. The number of benzene rings is 1. The summed E-state index contributed by atoms with van der Waals surface area (Å²) in [6, 6.07) is 7.49. The van der Waals surface area contributed by atoms with Gasteiger partial charge in [0.05, 0.1) is 6.04 Å². The summed E-state index contributed by atoms with van der Waals surface area (Å²) >= 11 is 0. The highest BCUT2D eigenvalue weighted by Gasteiger charge is 2.30. The third kappa shape index (κ3) is 2.42. The fraction of sp³-hybridized carbons (Fsp3) is 0.462.